The molecule has 5 heteroatoms. The fourth-order valence-corrected chi connectivity index (χ4v) is 3.10. The second-order valence-corrected chi connectivity index (χ2v) is 6.16. The van der Waals surface area contributed by atoms with Crippen LogP contribution in [0, 0.1) is 13.8 Å². The number of nitrogens with zero attached hydrogens (tertiary/aromatic N) is 1. The van der Waals surface area contributed by atoms with E-state index in [-0.39, 0.29) is 5.91 Å². The molecule has 0 atom stereocenters. The number of thiophene rings is 1. The normalized spacial score (nSPS) is 10.8. The van der Waals surface area contributed by atoms with Crippen LogP contribution in [0.2, 0.25) is 0 Å². The van der Waals surface area contributed by atoms with E-state index < -0.39 is 0 Å². The Morgan fingerprint density at radius 3 is 2.81 bits per heavy atom. The van der Waals surface area contributed by atoms with Gasteiger partial charge in [0.2, 0.25) is 0 Å². The number of aryl methyl sites for hydroxylation is 2. The molecule has 0 aliphatic carbocycles. The van der Waals surface area contributed by atoms with Crippen molar-refractivity contribution in [2.45, 2.75) is 13.8 Å². The number of anilines is 2. The molecule has 3 rings (SSSR count). The maximum Gasteiger partial charge on any atom is 0.265 e. The molecule has 1 aromatic carbocycles. The van der Waals surface area contributed by atoms with Gasteiger partial charge in [-0.05, 0) is 49.7 Å². The zero-order valence-corrected chi connectivity index (χ0v) is 12.6. The van der Waals surface area contributed by atoms with E-state index >= 15 is 0 Å². The number of rotatable bonds is 2. The lowest BCUT2D eigenvalue weighted by atomic mass is 10.1. The quantitative estimate of drug-likeness (QED) is 0.708. The smallest absolute Gasteiger partial charge is 0.265 e. The Labute approximate surface area is 126 Å². The first kappa shape index (κ1) is 13.6. The minimum Gasteiger partial charge on any atom is -0.397 e. The van der Waals surface area contributed by atoms with E-state index in [4.69, 9.17) is 5.73 Å². The van der Waals surface area contributed by atoms with E-state index in [9.17, 15) is 4.79 Å². The van der Waals surface area contributed by atoms with Crippen LogP contribution in [-0.2, 0) is 0 Å². The summed E-state index contributed by atoms with van der Waals surface area (Å²) in [7, 11) is 0. The lowest BCUT2D eigenvalue weighted by molar-refractivity contribution is 0.103. The highest BCUT2D eigenvalue weighted by atomic mass is 32.1. The van der Waals surface area contributed by atoms with Gasteiger partial charge in [-0.25, -0.2) is 0 Å². The van der Waals surface area contributed by atoms with Gasteiger partial charge < -0.3 is 11.1 Å². The van der Waals surface area contributed by atoms with Crippen molar-refractivity contribution in [1.82, 2.24) is 4.98 Å². The topological polar surface area (TPSA) is 68.0 Å². The van der Waals surface area contributed by atoms with Gasteiger partial charge in [-0.3, -0.25) is 9.78 Å². The fraction of sp³-hybridized carbons (Fsp3) is 0.125. The van der Waals surface area contributed by atoms with Crippen LogP contribution in [0.25, 0.3) is 10.9 Å². The Balaban J connectivity index is 1.98. The first-order chi connectivity index (χ1) is 10.1. The molecule has 2 aromatic heterocycles. The average molecular weight is 297 g/mol. The second-order valence-electron chi connectivity index (χ2n) is 4.91. The van der Waals surface area contributed by atoms with Crippen molar-refractivity contribution < 1.29 is 4.79 Å². The predicted molar refractivity (Wildman–Crippen MR) is 87.9 cm³/mol. The molecule has 0 bridgehead atoms. The van der Waals surface area contributed by atoms with Crippen LogP contribution in [0.1, 0.15) is 20.1 Å². The molecular weight excluding hydrogens is 282 g/mol. The number of amides is 1. The molecule has 2 heterocycles. The van der Waals surface area contributed by atoms with Gasteiger partial charge in [-0.15, -0.1) is 11.3 Å². The first-order valence-corrected chi connectivity index (χ1v) is 7.39. The molecule has 0 fully saturated rings. The van der Waals surface area contributed by atoms with Crippen molar-refractivity contribution in [1.29, 1.82) is 0 Å². The number of carbonyl (C=O) groups excluding carboxylic acids is 1. The molecule has 3 N–H and O–H groups in total. The predicted octanol–water partition coefficient (Wildman–Crippen LogP) is 3.75. The summed E-state index contributed by atoms with van der Waals surface area (Å²) in [6.07, 6.45) is 1.69. The van der Waals surface area contributed by atoms with Crippen LogP contribution < -0.4 is 11.1 Å². The van der Waals surface area contributed by atoms with Gasteiger partial charge >= 0.3 is 0 Å². The van der Waals surface area contributed by atoms with E-state index in [0.29, 0.717) is 16.1 Å². The van der Waals surface area contributed by atoms with Crippen LogP contribution in [-0.4, -0.2) is 10.9 Å². The average Bonchev–Trinajstić information content (AvgIpc) is 2.82. The molecule has 0 spiro atoms. The summed E-state index contributed by atoms with van der Waals surface area (Å²) < 4.78 is 0. The maximum absolute atomic E-state index is 12.4. The van der Waals surface area contributed by atoms with E-state index in [2.05, 4.69) is 10.3 Å². The monoisotopic (exact) mass is 297 g/mol. The van der Waals surface area contributed by atoms with Gasteiger partial charge in [0.25, 0.3) is 5.91 Å². The third-order valence-corrected chi connectivity index (χ3v) is 4.59. The Morgan fingerprint density at radius 2 is 2.10 bits per heavy atom. The van der Waals surface area contributed by atoms with Gasteiger partial charge in [0.1, 0.15) is 0 Å². The number of aromatic nitrogens is 1. The summed E-state index contributed by atoms with van der Waals surface area (Å²) >= 11 is 1.50. The van der Waals surface area contributed by atoms with Crippen molar-refractivity contribution in [2.75, 3.05) is 11.1 Å². The molecule has 0 unspecified atom stereocenters. The number of nitrogen functional groups attached to an aromatic ring is 1. The molecule has 0 aliphatic heterocycles. The summed E-state index contributed by atoms with van der Waals surface area (Å²) in [6, 6.07) is 9.21. The Morgan fingerprint density at radius 1 is 1.29 bits per heavy atom. The summed E-state index contributed by atoms with van der Waals surface area (Å²) in [6.45, 7) is 4.02. The summed E-state index contributed by atoms with van der Waals surface area (Å²) in [4.78, 5) is 18.5. The van der Waals surface area contributed by atoms with Gasteiger partial charge in [0.15, 0.2) is 0 Å². The highest BCUT2D eigenvalue weighted by molar-refractivity contribution is 7.14. The fourth-order valence-electron chi connectivity index (χ4n) is 2.17. The molecule has 4 nitrogen and oxygen atoms in total. The van der Waals surface area contributed by atoms with Gasteiger partial charge in [-0.2, -0.15) is 0 Å². The number of hydrogen-bond acceptors (Lipinski definition) is 4. The maximum atomic E-state index is 12.4. The number of nitrogens with two attached hydrogens (primary N) is 1. The van der Waals surface area contributed by atoms with Crippen molar-refractivity contribution in [2.24, 2.45) is 0 Å². The largest absolute Gasteiger partial charge is 0.397 e. The molecule has 0 saturated carbocycles. The molecule has 0 saturated heterocycles. The minimum atomic E-state index is -0.105. The van der Waals surface area contributed by atoms with Crippen molar-refractivity contribution in [3.8, 4) is 0 Å². The molecule has 0 radical (unpaired) electrons. The van der Waals surface area contributed by atoms with E-state index in [1.165, 1.54) is 11.3 Å². The van der Waals surface area contributed by atoms with Crippen LogP contribution in [0.4, 0.5) is 11.4 Å². The zero-order valence-electron chi connectivity index (χ0n) is 11.8. The first-order valence-electron chi connectivity index (χ1n) is 6.58. The molecule has 0 aliphatic rings. The minimum absolute atomic E-state index is 0.105. The lowest BCUT2D eigenvalue weighted by Gasteiger charge is -2.09. The summed E-state index contributed by atoms with van der Waals surface area (Å²) in [5.74, 6) is -0.105. The molecule has 3 aromatic rings. The van der Waals surface area contributed by atoms with E-state index in [1.807, 2.05) is 38.1 Å². The van der Waals surface area contributed by atoms with Crippen LogP contribution in [0.5, 0.6) is 0 Å². The molecule has 1 amide bonds. The SMILES string of the molecule is Cc1cc(C(=O)Nc2ccc(N)c3ncccc23)sc1C. The highest BCUT2D eigenvalue weighted by Gasteiger charge is 2.13. The number of carbonyl (C=O) groups is 1. The zero-order chi connectivity index (χ0) is 15.0. The van der Waals surface area contributed by atoms with Crippen molar-refractivity contribution >= 4 is 39.5 Å². The molecule has 21 heavy (non-hydrogen) atoms. The van der Waals surface area contributed by atoms with Gasteiger partial charge in [-0.1, -0.05) is 0 Å². The number of pyridine rings is 1. The van der Waals surface area contributed by atoms with Gasteiger partial charge in [0.05, 0.1) is 21.8 Å². The third-order valence-electron chi connectivity index (χ3n) is 3.44. The Bertz CT molecular complexity index is 819. The van der Waals surface area contributed by atoms with Crippen LogP contribution >= 0.6 is 11.3 Å². The Hall–Kier alpha value is -2.40. The number of nitrogens with one attached hydrogen (secondary N) is 1. The summed E-state index contributed by atoms with van der Waals surface area (Å²) in [5, 5.41) is 3.79. The van der Waals surface area contributed by atoms with Crippen molar-refractivity contribution in [3.63, 3.8) is 0 Å². The van der Waals surface area contributed by atoms with E-state index in [0.717, 1.165) is 21.5 Å². The molecular formula is C16H15N3OS. The standard InChI is InChI=1S/C16H15N3OS/c1-9-8-14(21-10(9)2)16(20)19-13-6-5-12(17)15-11(13)4-3-7-18-15/h3-8H,17H2,1-2H3,(H,19,20). The Kier molecular flexibility index (Phi) is 3.35. The van der Waals surface area contributed by atoms with E-state index in [1.54, 1.807) is 12.3 Å². The van der Waals surface area contributed by atoms with Crippen molar-refractivity contribution in [3.05, 3.63) is 51.8 Å². The number of hydrogen-bond donors (Lipinski definition) is 2. The van der Waals surface area contributed by atoms with Crippen LogP contribution in [0.15, 0.2) is 36.5 Å². The third kappa shape index (κ3) is 2.48. The number of benzene rings is 1. The molecule has 106 valence electrons. The number of fused-ring (bicyclic) bond motifs is 1. The second kappa shape index (κ2) is 5.18. The van der Waals surface area contributed by atoms with Crippen LogP contribution in [0.3, 0.4) is 0 Å². The highest BCUT2D eigenvalue weighted by Crippen LogP contribution is 2.28. The summed E-state index contributed by atoms with van der Waals surface area (Å²) in [5.41, 5.74) is 9.08. The van der Waals surface area contributed by atoms with Gasteiger partial charge in [0, 0.05) is 16.5 Å². The lowest BCUT2D eigenvalue weighted by Crippen LogP contribution is -2.10.